The second-order valence-corrected chi connectivity index (χ2v) is 7.54. The number of halogens is 3. The van der Waals surface area contributed by atoms with Gasteiger partial charge in [0.2, 0.25) is 0 Å². The molecular weight excluding hydrogens is 377 g/mol. The van der Waals surface area contributed by atoms with E-state index in [4.69, 9.17) is 4.74 Å². The van der Waals surface area contributed by atoms with Crippen LogP contribution in [0.2, 0.25) is 0 Å². The van der Waals surface area contributed by atoms with Crippen molar-refractivity contribution in [1.29, 1.82) is 0 Å². The Morgan fingerprint density at radius 1 is 1.33 bits per heavy atom. The monoisotopic (exact) mass is 394 g/mol. The van der Waals surface area contributed by atoms with E-state index < -0.39 is 11.9 Å². The fourth-order valence-electron chi connectivity index (χ4n) is 3.55. The molecule has 0 unspecified atom stereocenters. The molecule has 0 spiro atoms. The molecule has 1 aliphatic rings. The Balaban J connectivity index is 1.78. The van der Waals surface area contributed by atoms with Crippen molar-refractivity contribution in [3.8, 4) is 5.75 Å². The van der Waals surface area contributed by atoms with Gasteiger partial charge in [-0.3, -0.25) is 0 Å². The van der Waals surface area contributed by atoms with Crippen LogP contribution in [0.4, 0.5) is 19.0 Å². The molecule has 1 aliphatic carbocycles. The molecule has 0 bridgehead atoms. The fourth-order valence-corrected chi connectivity index (χ4v) is 4.50. The summed E-state index contributed by atoms with van der Waals surface area (Å²) in [7, 11) is 1.61. The normalized spacial score (nSPS) is 16.6. The van der Waals surface area contributed by atoms with Gasteiger partial charge in [0, 0.05) is 4.88 Å². The largest absolute Gasteiger partial charge is 0.496 e. The first-order valence-corrected chi connectivity index (χ1v) is 9.26. The number of rotatable bonds is 4. The maximum absolute atomic E-state index is 13.3. The summed E-state index contributed by atoms with van der Waals surface area (Å²) in [6.45, 7) is -0.219. The molecule has 1 aromatic carbocycles. The van der Waals surface area contributed by atoms with Gasteiger partial charge in [0.25, 0.3) is 0 Å². The molecule has 0 saturated carbocycles. The highest BCUT2D eigenvalue weighted by Crippen LogP contribution is 2.42. The Morgan fingerprint density at radius 2 is 2.15 bits per heavy atom. The van der Waals surface area contributed by atoms with E-state index in [0.717, 1.165) is 35.8 Å². The molecule has 2 N–H and O–H groups in total. The highest BCUT2D eigenvalue weighted by Gasteiger charge is 2.34. The smallest absolute Gasteiger partial charge is 0.433 e. The lowest BCUT2D eigenvalue weighted by Gasteiger charge is -2.17. The van der Waals surface area contributed by atoms with Gasteiger partial charge < -0.3 is 15.2 Å². The van der Waals surface area contributed by atoms with Crippen LogP contribution in [0, 0.1) is 0 Å². The number of alkyl halides is 3. The quantitative estimate of drug-likeness (QED) is 0.660. The van der Waals surface area contributed by atoms with Crippen LogP contribution in [0.25, 0.3) is 10.1 Å². The number of aliphatic hydroxyl groups excluding tert-OH is 1. The van der Waals surface area contributed by atoms with Gasteiger partial charge in [0.15, 0.2) is 0 Å². The second kappa shape index (κ2) is 6.69. The molecule has 0 saturated heterocycles. The van der Waals surface area contributed by atoms with Crippen LogP contribution in [0.1, 0.15) is 34.2 Å². The summed E-state index contributed by atoms with van der Waals surface area (Å²) in [6, 6.07) is 8.18. The van der Waals surface area contributed by atoms with Crippen LogP contribution in [0.3, 0.4) is 0 Å². The van der Waals surface area contributed by atoms with Crippen molar-refractivity contribution >= 4 is 27.2 Å². The van der Waals surface area contributed by atoms with Crippen molar-refractivity contribution in [3.05, 3.63) is 52.0 Å². The highest BCUT2D eigenvalue weighted by molar-refractivity contribution is 7.19. The van der Waals surface area contributed by atoms with Gasteiger partial charge in [-0.15, -0.1) is 11.3 Å². The zero-order valence-electron chi connectivity index (χ0n) is 14.4. The van der Waals surface area contributed by atoms with Crippen molar-refractivity contribution in [3.63, 3.8) is 0 Å². The minimum absolute atomic E-state index is 0.144. The number of benzene rings is 1. The number of aliphatic hydroxyl groups is 1. The Kier molecular flexibility index (Phi) is 4.47. The number of hydrogen-bond donors (Lipinski definition) is 2. The second-order valence-electron chi connectivity index (χ2n) is 6.41. The summed E-state index contributed by atoms with van der Waals surface area (Å²) in [5, 5.41) is 13.0. The first-order chi connectivity index (χ1) is 12.9. The van der Waals surface area contributed by atoms with Crippen molar-refractivity contribution in [2.75, 3.05) is 12.4 Å². The Labute approximate surface area is 157 Å². The standard InChI is InChI=1S/C19H17F3N2O2S/c1-26-15-4-2-3-12-13(15)5-6-14(12)23-18-17-10(7-11(9-25)27-17)8-16(24-18)19(20,21)22/h2-4,7-8,14,25H,5-6,9H2,1H3,(H,23,24)/t14-/m1/s1. The third kappa shape index (κ3) is 3.23. The van der Waals surface area contributed by atoms with Crippen molar-refractivity contribution < 1.29 is 23.0 Å². The average molecular weight is 394 g/mol. The van der Waals surface area contributed by atoms with E-state index in [2.05, 4.69) is 10.3 Å². The SMILES string of the molecule is COc1cccc2c1CC[C@H]2Nc1nc(C(F)(F)F)cc2cc(CO)sc12. The van der Waals surface area contributed by atoms with Gasteiger partial charge in [-0.2, -0.15) is 13.2 Å². The molecular formula is C19H17F3N2O2S. The van der Waals surface area contributed by atoms with Crippen molar-refractivity contribution in [2.45, 2.75) is 31.7 Å². The zero-order valence-corrected chi connectivity index (χ0v) is 15.2. The Morgan fingerprint density at radius 3 is 2.85 bits per heavy atom. The molecule has 27 heavy (non-hydrogen) atoms. The van der Waals surface area contributed by atoms with E-state index in [0.29, 0.717) is 15.0 Å². The van der Waals surface area contributed by atoms with E-state index in [1.165, 1.54) is 11.3 Å². The molecule has 0 fully saturated rings. The van der Waals surface area contributed by atoms with Gasteiger partial charge in [-0.1, -0.05) is 12.1 Å². The van der Waals surface area contributed by atoms with E-state index >= 15 is 0 Å². The van der Waals surface area contributed by atoms with E-state index in [1.54, 1.807) is 13.2 Å². The predicted molar refractivity (Wildman–Crippen MR) is 98.2 cm³/mol. The topological polar surface area (TPSA) is 54.4 Å². The summed E-state index contributed by atoms with van der Waals surface area (Å²) in [6.07, 6.45) is -3.01. The molecule has 142 valence electrons. The number of aromatic nitrogens is 1. The number of fused-ring (bicyclic) bond motifs is 2. The number of nitrogens with one attached hydrogen (secondary N) is 1. The van der Waals surface area contributed by atoms with Crippen LogP contribution in [-0.2, 0) is 19.2 Å². The number of anilines is 1. The average Bonchev–Trinajstić information content (AvgIpc) is 3.24. The minimum Gasteiger partial charge on any atom is -0.496 e. The number of hydrogen-bond acceptors (Lipinski definition) is 5. The fraction of sp³-hybridized carbons (Fsp3) is 0.316. The molecule has 0 radical (unpaired) electrons. The van der Waals surface area contributed by atoms with Gasteiger partial charge in [-0.05, 0) is 47.6 Å². The number of methoxy groups -OCH3 is 1. The van der Waals surface area contributed by atoms with Gasteiger partial charge in [0.1, 0.15) is 17.3 Å². The summed E-state index contributed by atoms with van der Waals surface area (Å²) < 4.78 is 45.9. The molecule has 8 heteroatoms. The van der Waals surface area contributed by atoms with Crippen LogP contribution in [0.5, 0.6) is 5.75 Å². The Hall–Kier alpha value is -2.32. The van der Waals surface area contributed by atoms with Crippen molar-refractivity contribution in [2.24, 2.45) is 0 Å². The molecule has 0 aliphatic heterocycles. The number of pyridine rings is 1. The molecule has 2 aromatic heterocycles. The Bertz CT molecular complexity index is 1000. The molecule has 0 amide bonds. The highest BCUT2D eigenvalue weighted by atomic mass is 32.1. The predicted octanol–water partition coefficient (Wildman–Crippen LogP) is 4.92. The molecule has 4 rings (SSSR count). The first-order valence-electron chi connectivity index (χ1n) is 8.44. The van der Waals surface area contributed by atoms with Crippen molar-refractivity contribution in [1.82, 2.24) is 4.98 Å². The first kappa shape index (κ1) is 18.1. The van der Waals surface area contributed by atoms with Gasteiger partial charge >= 0.3 is 6.18 Å². The lowest BCUT2D eigenvalue weighted by atomic mass is 10.1. The zero-order chi connectivity index (χ0) is 19.2. The van der Waals surface area contributed by atoms with Gasteiger partial charge in [0.05, 0.1) is 24.5 Å². The maximum atomic E-state index is 13.3. The van der Waals surface area contributed by atoms with E-state index in [-0.39, 0.29) is 18.5 Å². The summed E-state index contributed by atoms with van der Waals surface area (Å²) in [5.41, 5.74) is 1.15. The number of thiophene rings is 1. The lowest BCUT2D eigenvalue weighted by Crippen LogP contribution is -2.13. The lowest BCUT2D eigenvalue weighted by molar-refractivity contribution is -0.140. The van der Waals surface area contributed by atoms with Gasteiger partial charge in [-0.25, -0.2) is 4.98 Å². The summed E-state index contributed by atoms with van der Waals surface area (Å²) in [4.78, 5) is 4.46. The molecule has 2 heterocycles. The van der Waals surface area contributed by atoms with E-state index in [1.807, 2.05) is 18.2 Å². The van der Waals surface area contributed by atoms with E-state index in [9.17, 15) is 18.3 Å². The summed E-state index contributed by atoms with van der Waals surface area (Å²) in [5.74, 6) is 0.989. The number of nitrogens with zero attached hydrogens (tertiary/aromatic N) is 1. The molecule has 4 nitrogen and oxygen atoms in total. The van der Waals surface area contributed by atoms with Crippen LogP contribution in [0.15, 0.2) is 30.3 Å². The third-order valence-corrected chi connectivity index (χ3v) is 5.90. The third-order valence-electron chi connectivity index (χ3n) is 4.76. The van der Waals surface area contributed by atoms with Crippen LogP contribution < -0.4 is 10.1 Å². The minimum atomic E-state index is -4.54. The van der Waals surface area contributed by atoms with Crippen LogP contribution >= 0.6 is 11.3 Å². The number of ether oxygens (including phenoxy) is 1. The summed E-state index contributed by atoms with van der Waals surface area (Å²) >= 11 is 1.25. The van der Waals surface area contributed by atoms with Crippen LogP contribution in [-0.4, -0.2) is 17.2 Å². The molecule has 1 atom stereocenters. The maximum Gasteiger partial charge on any atom is 0.433 e. The molecule has 3 aromatic rings.